The summed E-state index contributed by atoms with van der Waals surface area (Å²) < 4.78 is 1.81. The predicted octanol–water partition coefficient (Wildman–Crippen LogP) is 1.08. The molecule has 24 heavy (non-hydrogen) atoms. The topological polar surface area (TPSA) is 103 Å². The standard InChI is InChI=1S/C16H17N7O/c1-10-20-15-13(3-2-5-18-15)16(21-10)22-6-4-12(9-22)23-8-11(7-19-23)14(17)24/h2-3,5,7-8,12H,4,6,9H2,1H3,(H2,17,24). The first kappa shape index (κ1) is 14.6. The molecule has 8 heteroatoms. The quantitative estimate of drug-likeness (QED) is 0.773. The molecule has 4 heterocycles. The number of nitrogens with two attached hydrogens (primary N) is 1. The van der Waals surface area contributed by atoms with Gasteiger partial charge in [-0.15, -0.1) is 0 Å². The van der Waals surface area contributed by atoms with Crippen molar-refractivity contribution in [3.05, 3.63) is 42.1 Å². The summed E-state index contributed by atoms with van der Waals surface area (Å²) in [4.78, 5) is 26.8. The molecule has 1 aliphatic rings. The van der Waals surface area contributed by atoms with Gasteiger partial charge in [0.2, 0.25) is 0 Å². The van der Waals surface area contributed by atoms with E-state index in [1.165, 1.54) is 6.20 Å². The van der Waals surface area contributed by atoms with E-state index in [0.717, 1.165) is 30.7 Å². The second-order valence-corrected chi connectivity index (χ2v) is 5.93. The minimum Gasteiger partial charge on any atom is -0.366 e. The Kier molecular flexibility index (Phi) is 3.37. The van der Waals surface area contributed by atoms with Crippen molar-refractivity contribution in [2.75, 3.05) is 18.0 Å². The van der Waals surface area contributed by atoms with E-state index < -0.39 is 5.91 Å². The van der Waals surface area contributed by atoms with E-state index in [9.17, 15) is 4.79 Å². The lowest BCUT2D eigenvalue weighted by molar-refractivity contribution is 0.1000. The van der Waals surface area contributed by atoms with Crippen LogP contribution in [0.3, 0.4) is 0 Å². The number of pyridine rings is 1. The number of hydrogen-bond donors (Lipinski definition) is 1. The fraction of sp³-hybridized carbons (Fsp3) is 0.312. The Morgan fingerprint density at radius 2 is 2.25 bits per heavy atom. The molecule has 8 nitrogen and oxygen atoms in total. The maximum atomic E-state index is 11.2. The van der Waals surface area contributed by atoms with Crippen LogP contribution in [0.4, 0.5) is 5.82 Å². The number of hydrogen-bond acceptors (Lipinski definition) is 6. The molecular formula is C16H17N7O. The highest BCUT2D eigenvalue weighted by Crippen LogP contribution is 2.29. The van der Waals surface area contributed by atoms with Gasteiger partial charge in [-0.25, -0.2) is 15.0 Å². The van der Waals surface area contributed by atoms with E-state index >= 15 is 0 Å². The Morgan fingerprint density at radius 3 is 3.04 bits per heavy atom. The fourth-order valence-corrected chi connectivity index (χ4v) is 3.11. The summed E-state index contributed by atoms with van der Waals surface area (Å²) in [6, 6.07) is 4.06. The summed E-state index contributed by atoms with van der Waals surface area (Å²) >= 11 is 0. The van der Waals surface area contributed by atoms with Crippen LogP contribution in [0.2, 0.25) is 0 Å². The predicted molar refractivity (Wildman–Crippen MR) is 88.7 cm³/mol. The lowest BCUT2D eigenvalue weighted by atomic mass is 10.2. The van der Waals surface area contributed by atoms with E-state index in [4.69, 9.17) is 5.73 Å². The summed E-state index contributed by atoms with van der Waals surface area (Å²) in [6.45, 7) is 3.50. The Hall–Kier alpha value is -3.03. The average Bonchev–Trinajstić information content (AvgIpc) is 3.23. The molecule has 2 N–H and O–H groups in total. The van der Waals surface area contributed by atoms with Crippen LogP contribution < -0.4 is 10.6 Å². The van der Waals surface area contributed by atoms with E-state index in [1.807, 2.05) is 23.7 Å². The zero-order valence-electron chi connectivity index (χ0n) is 13.3. The number of primary amides is 1. The normalized spacial score (nSPS) is 17.5. The molecule has 3 aromatic rings. The van der Waals surface area contributed by atoms with E-state index in [0.29, 0.717) is 17.0 Å². The van der Waals surface area contributed by atoms with Gasteiger partial charge in [0, 0.05) is 25.5 Å². The molecule has 0 bridgehead atoms. The highest BCUT2D eigenvalue weighted by molar-refractivity contribution is 5.92. The molecule has 0 saturated carbocycles. The molecule has 1 fully saturated rings. The zero-order valence-corrected chi connectivity index (χ0v) is 13.3. The van der Waals surface area contributed by atoms with Crippen molar-refractivity contribution in [1.82, 2.24) is 24.7 Å². The number of fused-ring (bicyclic) bond motifs is 1. The Labute approximate surface area is 138 Å². The largest absolute Gasteiger partial charge is 0.366 e. The molecule has 1 amide bonds. The van der Waals surface area contributed by atoms with Gasteiger partial charge in [0.15, 0.2) is 5.65 Å². The Bertz CT molecular complexity index is 920. The minimum atomic E-state index is -0.459. The van der Waals surface area contributed by atoms with Gasteiger partial charge < -0.3 is 10.6 Å². The maximum absolute atomic E-state index is 11.2. The van der Waals surface area contributed by atoms with Gasteiger partial charge >= 0.3 is 0 Å². The number of nitrogens with zero attached hydrogens (tertiary/aromatic N) is 6. The third kappa shape index (κ3) is 2.45. The van der Waals surface area contributed by atoms with Crippen molar-refractivity contribution in [2.45, 2.75) is 19.4 Å². The summed E-state index contributed by atoms with van der Waals surface area (Å²) in [7, 11) is 0. The Morgan fingerprint density at radius 1 is 1.38 bits per heavy atom. The number of aryl methyl sites for hydroxylation is 1. The highest BCUT2D eigenvalue weighted by Gasteiger charge is 2.27. The second kappa shape index (κ2) is 5.55. The molecular weight excluding hydrogens is 306 g/mol. The van der Waals surface area contributed by atoms with Gasteiger partial charge in [-0.1, -0.05) is 0 Å². The van der Waals surface area contributed by atoms with Crippen LogP contribution in [0.1, 0.15) is 28.6 Å². The summed E-state index contributed by atoms with van der Waals surface area (Å²) in [6.07, 6.45) is 5.88. The van der Waals surface area contributed by atoms with Gasteiger partial charge in [-0.2, -0.15) is 5.10 Å². The molecule has 0 aromatic carbocycles. The van der Waals surface area contributed by atoms with Gasteiger partial charge in [0.05, 0.1) is 23.2 Å². The van der Waals surface area contributed by atoms with Crippen LogP contribution in [-0.2, 0) is 0 Å². The summed E-state index contributed by atoms with van der Waals surface area (Å²) in [5, 5.41) is 5.22. The average molecular weight is 323 g/mol. The minimum absolute atomic E-state index is 0.181. The number of amides is 1. The molecule has 0 aliphatic carbocycles. The van der Waals surface area contributed by atoms with Crippen molar-refractivity contribution in [1.29, 1.82) is 0 Å². The monoisotopic (exact) mass is 323 g/mol. The molecule has 0 spiro atoms. The maximum Gasteiger partial charge on any atom is 0.251 e. The van der Waals surface area contributed by atoms with Gasteiger partial charge in [-0.3, -0.25) is 9.48 Å². The smallest absolute Gasteiger partial charge is 0.251 e. The first-order valence-corrected chi connectivity index (χ1v) is 7.80. The lowest BCUT2D eigenvalue weighted by Crippen LogP contribution is -2.23. The van der Waals surface area contributed by atoms with Gasteiger partial charge in [0.25, 0.3) is 5.91 Å². The Balaban J connectivity index is 1.64. The first-order valence-electron chi connectivity index (χ1n) is 7.80. The van der Waals surface area contributed by atoms with Crippen molar-refractivity contribution >= 4 is 22.8 Å². The van der Waals surface area contributed by atoms with E-state index in [2.05, 4.69) is 25.0 Å². The van der Waals surface area contributed by atoms with Crippen molar-refractivity contribution in [2.24, 2.45) is 5.73 Å². The summed E-state index contributed by atoms with van der Waals surface area (Å²) in [5.74, 6) is 1.14. The number of rotatable bonds is 3. The van der Waals surface area contributed by atoms with Gasteiger partial charge in [-0.05, 0) is 25.5 Å². The number of carbonyl (C=O) groups excluding carboxylic acids is 1. The molecule has 1 unspecified atom stereocenters. The molecule has 1 atom stereocenters. The SMILES string of the molecule is Cc1nc(N2CCC(n3cc(C(N)=O)cn3)C2)c2cccnc2n1. The molecule has 3 aromatic heterocycles. The second-order valence-electron chi connectivity index (χ2n) is 5.93. The third-order valence-corrected chi connectivity index (χ3v) is 4.29. The lowest BCUT2D eigenvalue weighted by Gasteiger charge is -2.19. The molecule has 0 radical (unpaired) electrons. The molecule has 1 aliphatic heterocycles. The third-order valence-electron chi connectivity index (χ3n) is 4.29. The summed E-state index contributed by atoms with van der Waals surface area (Å²) in [5.41, 5.74) is 6.43. The van der Waals surface area contributed by atoms with Crippen LogP contribution in [0.25, 0.3) is 11.0 Å². The molecule has 122 valence electrons. The number of aromatic nitrogens is 5. The van der Waals surface area contributed by atoms with Gasteiger partial charge in [0.1, 0.15) is 11.6 Å². The highest BCUT2D eigenvalue weighted by atomic mass is 16.1. The first-order chi connectivity index (χ1) is 11.6. The number of carbonyl (C=O) groups is 1. The molecule has 1 saturated heterocycles. The van der Waals surface area contributed by atoms with Crippen LogP contribution in [-0.4, -0.2) is 43.7 Å². The van der Waals surface area contributed by atoms with Crippen molar-refractivity contribution in [3.63, 3.8) is 0 Å². The van der Waals surface area contributed by atoms with Crippen LogP contribution >= 0.6 is 0 Å². The van der Waals surface area contributed by atoms with Crippen molar-refractivity contribution in [3.8, 4) is 0 Å². The number of anilines is 1. The van der Waals surface area contributed by atoms with E-state index in [1.54, 1.807) is 12.4 Å². The van der Waals surface area contributed by atoms with Crippen molar-refractivity contribution < 1.29 is 4.79 Å². The fourth-order valence-electron chi connectivity index (χ4n) is 3.11. The van der Waals surface area contributed by atoms with Crippen LogP contribution in [0.15, 0.2) is 30.7 Å². The molecule has 4 rings (SSSR count). The van der Waals surface area contributed by atoms with E-state index in [-0.39, 0.29) is 6.04 Å². The van der Waals surface area contributed by atoms with Crippen LogP contribution in [0.5, 0.6) is 0 Å². The van der Waals surface area contributed by atoms with Crippen LogP contribution in [0, 0.1) is 6.92 Å². The zero-order chi connectivity index (χ0) is 16.7.